The fourth-order valence-corrected chi connectivity index (χ4v) is 5.44. The Morgan fingerprint density at radius 3 is 2.18 bits per heavy atom. The monoisotopic (exact) mass is 531 g/mol. The molecule has 4 aromatic rings. The Morgan fingerprint density at radius 2 is 1.53 bits per heavy atom. The highest BCUT2D eigenvalue weighted by molar-refractivity contribution is 7.92. The minimum atomic E-state index is -4.07. The van der Waals surface area contributed by atoms with Gasteiger partial charge in [0.2, 0.25) is 5.91 Å². The number of aryl methyl sites for hydroxylation is 3. The van der Waals surface area contributed by atoms with Crippen LogP contribution >= 0.6 is 0 Å². The molecular formula is C29H29N3O5S. The van der Waals surface area contributed by atoms with Crippen molar-refractivity contribution in [1.29, 1.82) is 0 Å². The van der Waals surface area contributed by atoms with Crippen molar-refractivity contribution in [1.82, 2.24) is 5.32 Å². The van der Waals surface area contributed by atoms with Crippen LogP contribution < -0.4 is 14.9 Å². The van der Waals surface area contributed by atoms with Crippen molar-refractivity contribution in [2.24, 2.45) is 0 Å². The lowest BCUT2D eigenvalue weighted by Crippen LogP contribution is -2.38. The Labute approximate surface area is 222 Å². The first-order valence-electron chi connectivity index (χ1n) is 12.0. The van der Waals surface area contributed by atoms with Crippen LogP contribution in [0.25, 0.3) is 0 Å². The highest BCUT2D eigenvalue weighted by Crippen LogP contribution is 2.26. The first-order valence-corrected chi connectivity index (χ1v) is 13.4. The van der Waals surface area contributed by atoms with E-state index in [1.807, 2.05) is 26.8 Å². The lowest BCUT2D eigenvalue weighted by Gasteiger charge is -2.25. The van der Waals surface area contributed by atoms with Crippen LogP contribution in [0.15, 0.2) is 94.4 Å². The molecule has 0 saturated carbocycles. The Hall–Kier alpha value is -4.37. The van der Waals surface area contributed by atoms with Gasteiger partial charge in [-0.2, -0.15) is 0 Å². The van der Waals surface area contributed by atoms with Crippen LogP contribution in [0.4, 0.5) is 11.4 Å². The van der Waals surface area contributed by atoms with E-state index in [1.165, 1.54) is 18.4 Å². The summed E-state index contributed by atoms with van der Waals surface area (Å²) in [7, 11) is -4.07. The molecule has 38 heavy (non-hydrogen) atoms. The number of sulfonamides is 1. The van der Waals surface area contributed by atoms with Crippen molar-refractivity contribution in [3.8, 4) is 0 Å². The molecule has 4 rings (SSSR count). The van der Waals surface area contributed by atoms with Crippen LogP contribution in [0.2, 0.25) is 0 Å². The van der Waals surface area contributed by atoms with E-state index in [2.05, 4.69) is 10.6 Å². The maximum absolute atomic E-state index is 13.7. The molecule has 2 N–H and O–H groups in total. The fourth-order valence-electron chi connectivity index (χ4n) is 4.03. The predicted molar refractivity (Wildman–Crippen MR) is 147 cm³/mol. The highest BCUT2D eigenvalue weighted by Gasteiger charge is 2.28. The van der Waals surface area contributed by atoms with Gasteiger partial charge < -0.3 is 15.1 Å². The van der Waals surface area contributed by atoms with Crippen molar-refractivity contribution >= 4 is 33.2 Å². The number of benzene rings is 3. The third-order valence-corrected chi connectivity index (χ3v) is 7.63. The van der Waals surface area contributed by atoms with Gasteiger partial charge in [-0.25, -0.2) is 8.42 Å². The molecule has 0 unspecified atom stereocenters. The maximum Gasteiger partial charge on any atom is 0.264 e. The van der Waals surface area contributed by atoms with Gasteiger partial charge in [0.25, 0.3) is 15.9 Å². The normalized spacial score (nSPS) is 11.1. The molecule has 0 spiro atoms. The molecule has 1 heterocycles. The second kappa shape index (κ2) is 11.4. The topological polar surface area (TPSA) is 109 Å². The Kier molecular flexibility index (Phi) is 7.97. The van der Waals surface area contributed by atoms with Gasteiger partial charge in [0.05, 0.1) is 34.6 Å². The van der Waals surface area contributed by atoms with Crippen LogP contribution in [0.5, 0.6) is 0 Å². The van der Waals surface area contributed by atoms with E-state index in [4.69, 9.17) is 4.42 Å². The summed E-state index contributed by atoms with van der Waals surface area (Å²) in [5, 5.41) is 5.47. The number of carbonyl (C=O) groups is 2. The van der Waals surface area contributed by atoms with Crippen molar-refractivity contribution in [2.45, 2.75) is 32.2 Å². The van der Waals surface area contributed by atoms with E-state index in [1.54, 1.807) is 60.7 Å². The fraction of sp³-hybridized carbons (Fsp3) is 0.172. The number of nitrogens with one attached hydrogen (secondary N) is 2. The van der Waals surface area contributed by atoms with Crippen LogP contribution in [-0.4, -0.2) is 26.8 Å². The summed E-state index contributed by atoms with van der Waals surface area (Å²) in [6.07, 6.45) is 1.52. The quantitative estimate of drug-likeness (QED) is 0.317. The summed E-state index contributed by atoms with van der Waals surface area (Å²) in [6, 6.07) is 21.9. The number of furan rings is 1. The van der Waals surface area contributed by atoms with Gasteiger partial charge in [-0.05, 0) is 80.4 Å². The number of amides is 2. The largest absolute Gasteiger partial charge is 0.467 e. The zero-order chi connectivity index (χ0) is 27.3. The van der Waals surface area contributed by atoms with Gasteiger partial charge in [0, 0.05) is 0 Å². The molecule has 196 valence electrons. The summed E-state index contributed by atoms with van der Waals surface area (Å²) in [5.41, 5.74) is 3.53. The number of nitrogens with zero attached hydrogens (tertiary/aromatic N) is 1. The molecule has 2 amide bonds. The number of rotatable bonds is 9. The summed E-state index contributed by atoms with van der Waals surface area (Å²) in [6.45, 7) is 5.30. The van der Waals surface area contributed by atoms with E-state index in [0.29, 0.717) is 11.4 Å². The average Bonchev–Trinajstić information content (AvgIpc) is 3.39. The van der Waals surface area contributed by atoms with Gasteiger partial charge in [0.1, 0.15) is 12.3 Å². The third-order valence-electron chi connectivity index (χ3n) is 5.84. The van der Waals surface area contributed by atoms with Gasteiger partial charge in [-0.3, -0.25) is 13.9 Å². The zero-order valence-electron chi connectivity index (χ0n) is 21.4. The van der Waals surface area contributed by atoms with Crippen LogP contribution in [0.3, 0.4) is 0 Å². The standard InChI is InChI=1S/C29H29N3O5S/c1-20-10-12-25(13-11-20)38(35,36)32(23-16-21(2)15-22(3)17-23)19-28(33)31-27-9-5-4-8-26(27)29(34)30-18-24-7-6-14-37-24/h4-17H,18-19H2,1-3H3,(H,30,34)(H,31,33). The summed E-state index contributed by atoms with van der Waals surface area (Å²) in [4.78, 5) is 26.2. The number of hydrogen-bond acceptors (Lipinski definition) is 5. The second-order valence-corrected chi connectivity index (χ2v) is 10.9. The van der Waals surface area contributed by atoms with E-state index in [0.717, 1.165) is 21.0 Å². The average molecular weight is 532 g/mol. The molecule has 1 aromatic heterocycles. The van der Waals surface area contributed by atoms with Gasteiger partial charge in [-0.15, -0.1) is 0 Å². The molecule has 8 nitrogen and oxygen atoms in total. The molecule has 0 fully saturated rings. The molecule has 0 bridgehead atoms. The molecular weight excluding hydrogens is 502 g/mol. The van der Waals surface area contributed by atoms with Crippen molar-refractivity contribution in [3.63, 3.8) is 0 Å². The lowest BCUT2D eigenvalue weighted by molar-refractivity contribution is -0.114. The SMILES string of the molecule is Cc1ccc(S(=O)(=O)N(CC(=O)Nc2ccccc2C(=O)NCc2ccco2)c2cc(C)cc(C)c2)cc1. The molecule has 0 atom stereocenters. The van der Waals surface area contributed by atoms with Gasteiger partial charge in [0.15, 0.2) is 0 Å². The smallest absolute Gasteiger partial charge is 0.264 e. The van der Waals surface area contributed by atoms with Crippen molar-refractivity contribution < 1.29 is 22.4 Å². The second-order valence-electron chi connectivity index (χ2n) is 9.03. The predicted octanol–water partition coefficient (Wildman–Crippen LogP) is 4.97. The summed E-state index contributed by atoms with van der Waals surface area (Å²) >= 11 is 0. The van der Waals surface area contributed by atoms with E-state index >= 15 is 0 Å². The van der Waals surface area contributed by atoms with Crippen LogP contribution in [0.1, 0.15) is 32.8 Å². The molecule has 0 saturated heterocycles. The van der Waals surface area contributed by atoms with E-state index in [-0.39, 0.29) is 22.7 Å². The molecule has 9 heteroatoms. The Bertz CT molecular complexity index is 1530. The number of carbonyl (C=O) groups excluding carboxylic acids is 2. The molecule has 0 aliphatic heterocycles. The summed E-state index contributed by atoms with van der Waals surface area (Å²) < 4.78 is 33.7. The Balaban J connectivity index is 1.60. The third kappa shape index (κ3) is 6.30. The van der Waals surface area contributed by atoms with E-state index < -0.39 is 28.4 Å². The van der Waals surface area contributed by atoms with E-state index in [9.17, 15) is 18.0 Å². The van der Waals surface area contributed by atoms with Crippen LogP contribution in [-0.2, 0) is 21.4 Å². The minimum absolute atomic E-state index is 0.0766. The van der Waals surface area contributed by atoms with Gasteiger partial charge in [-0.1, -0.05) is 35.9 Å². The number of para-hydroxylation sites is 1. The minimum Gasteiger partial charge on any atom is -0.467 e. The maximum atomic E-state index is 13.7. The van der Waals surface area contributed by atoms with Crippen molar-refractivity contribution in [3.05, 3.63) is 113 Å². The molecule has 0 radical (unpaired) electrons. The number of anilines is 2. The molecule has 3 aromatic carbocycles. The lowest BCUT2D eigenvalue weighted by atomic mass is 10.1. The molecule has 0 aliphatic carbocycles. The van der Waals surface area contributed by atoms with Gasteiger partial charge >= 0.3 is 0 Å². The first-order chi connectivity index (χ1) is 18.1. The number of hydrogen-bond donors (Lipinski definition) is 2. The molecule has 0 aliphatic rings. The van der Waals surface area contributed by atoms with Crippen LogP contribution in [0, 0.1) is 20.8 Å². The summed E-state index contributed by atoms with van der Waals surface area (Å²) in [5.74, 6) is -0.410. The van der Waals surface area contributed by atoms with Crippen molar-refractivity contribution in [2.75, 3.05) is 16.2 Å². The highest BCUT2D eigenvalue weighted by atomic mass is 32.2. The Morgan fingerprint density at radius 1 is 0.842 bits per heavy atom. The first kappa shape index (κ1) is 26.7. The zero-order valence-corrected chi connectivity index (χ0v) is 22.2.